The van der Waals surface area contributed by atoms with Gasteiger partial charge in [0, 0.05) is 19.6 Å². The quantitative estimate of drug-likeness (QED) is 0.778. The summed E-state index contributed by atoms with van der Waals surface area (Å²) in [6.45, 7) is 5.01. The summed E-state index contributed by atoms with van der Waals surface area (Å²) in [7, 11) is 1.70. The van der Waals surface area contributed by atoms with Crippen LogP contribution in [0.2, 0.25) is 0 Å². The van der Waals surface area contributed by atoms with Crippen LogP contribution in [0.1, 0.15) is 27.6 Å². The smallest absolute Gasteiger partial charge is 0.121 e. The predicted molar refractivity (Wildman–Crippen MR) is 91.7 cm³/mol. The molecule has 0 amide bonds. The SMILES string of the molecule is COc1ccc(C(Cl)CN2CCc3ccccc3C2)cc1C. The molecule has 0 saturated heterocycles. The minimum atomic E-state index is 0.00914. The van der Waals surface area contributed by atoms with Crippen LogP contribution in [0.25, 0.3) is 0 Å². The molecular formula is C19H22ClNO. The maximum Gasteiger partial charge on any atom is 0.121 e. The van der Waals surface area contributed by atoms with Gasteiger partial charge in [0.25, 0.3) is 0 Å². The van der Waals surface area contributed by atoms with E-state index >= 15 is 0 Å². The van der Waals surface area contributed by atoms with E-state index in [1.54, 1.807) is 7.11 Å². The van der Waals surface area contributed by atoms with Crippen molar-refractivity contribution >= 4 is 11.6 Å². The summed E-state index contributed by atoms with van der Waals surface area (Å²) in [4.78, 5) is 2.44. The summed E-state index contributed by atoms with van der Waals surface area (Å²) in [6, 6.07) is 14.9. The van der Waals surface area contributed by atoms with E-state index in [0.29, 0.717) is 0 Å². The van der Waals surface area contributed by atoms with Gasteiger partial charge >= 0.3 is 0 Å². The molecule has 3 heteroatoms. The third-order valence-electron chi connectivity index (χ3n) is 4.41. The molecule has 1 atom stereocenters. The van der Waals surface area contributed by atoms with Crippen LogP contribution in [0.3, 0.4) is 0 Å². The number of hydrogen-bond donors (Lipinski definition) is 0. The molecule has 0 saturated carbocycles. The molecule has 1 aliphatic heterocycles. The molecule has 1 aliphatic rings. The first kappa shape index (κ1) is 15.4. The van der Waals surface area contributed by atoms with Gasteiger partial charge in [0.1, 0.15) is 5.75 Å². The van der Waals surface area contributed by atoms with Crippen molar-refractivity contribution in [2.45, 2.75) is 25.3 Å². The van der Waals surface area contributed by atoms with Gasteiger partial charge in [-0.25, -0.2) is 0 Å². The normalized spacial score (nSPS) is 16.1. The molecule has 0 spiro atoms. The van der Waals surface area contributed by atoms with Crippen LogP contribution in [-0.4, -0.2) is 25.1 Å². The number of halogens is 1. The minimum absolute atomic E-state index is 0.00914. The van der Waals surface area contributed by atoms with E-state index in [2.05, 4.69) is 48.2 Å². The maximum atomic E-state index is 6.65. The molecular weight excluding hydrogens is 294 g/mol. The van der Waals surface area contributed by atoms with Gasteiger partial charge in [-0.15, -0.1) is 11.6 Å². The molecule has 1 unspecified atom stereocenters. The lowest BCUT2D eigenvalue weighted by Gasteiger charge is -2.30. The second-order valence-corrected chi connectivity index (χ2v) is 6.48. The molecule has 0 fully saturated rings. The Hall–Kier alpha value is -1.51. The highest BCUT2D eigenvalue weighted by molar-refractivity contribution is 6.21. The van der Waals surface area contributed by atoms with Crippen molar-refractivity contribution < 1.29 is 4.74 Å². The van der Waals surface area contributed by atoms with E-state index in [0.717, 1.165) is 37.4 Å². The Bertz CT molecular complexity index is 656. The number of fused-ring (bicyclic) bond motifs is 1. The van der Waals surface area contributed by atoms with E-state index in [-0.39, 0.29) is 5.38 Å². The van der Waals surface area contributed by atoms with Gasteiger partial charge in [-0.3, -0.25) is 4.90 Å². The molecule has 0 aromatic heterocycles. The highest BCUT2D eigenvalue weighted by atomic mass is 35.5. The summed E-state index contributed by atoms with van der Waals surface area (Å²) in [5.41, 5.74) is 5.21. The fourth-order valence-corrected chi connectivity index (χ4v) is 3.47. The first-order valence-corrected chi connectivity index (χ1v) is 8.19. The lowest BCUT2D eigenvalue weighted by Crippen LogP contribution is -2.32. The predicted octanol–water partition coefficient (Wildman–Crippen LogP) is 4.34. The lowest BCUT2D eigenvalue weighted by atomic mass is 9.99. The van der Waals surface area contributed by atoms with Gasteiger partial charge in [0.2, 0.25) is 0 Å². The van der Waals surface area contributed by atoms with Crippen molar-refractivity contribution in [3.05, 3.63) is 64.7 Å². The molecule has 1 heterocycles. The number of alkyl halides is 1. The average molecular weight is 316 g/mol. The Labute approximate surface area is 137 Å². The van der Waals surface area contributed by atoms with Crippen LogP contribution in [0.15, 0.2) is 42.5 Å². The number of methoxy groups -OCH3 is 1. The monoisotopic (exact) mass is 315 g/mol. The minimum Gasteiger partial charge on any atom is -0.496 e. The summed E-state index contributed by atoms with van der Waals surface area (Å²) in [5.74, 6) is 0.916. The average Bonchev–Trinajstić information content (AvgIpc) is 2.54. The van der Waals surface area contributed by atoms with E-state index in [1.807, 2.05) is 6.07 Å². The molecule has 2 aromatic carbocycles. The van der Waals surface area contributed by atoms with Gasteiger partial charge in [0.05, 0.1) is 12.5 Å². The van der Waals surface area contributed by atoms with E-state index < -0.39 is 0 Å². The fourth-order valence-electron chi connectivity index (χ4n) is 3.14. The van der Waals surface area contributed by atoms with Gasteiger partial charge in [-0.2, -0.15) is 0 Å². The maximum absolute atomic E-state index is 6.65. The fraction of sp³-hybridized carbons (Fsp3) is 0.368. The van der Waals surface area contributed by atoms with Gasteiger partial charge in [0.15, 0.2) is 0 Å². The molecule has 3 rings (SSSR count). The Morgan fingerprint density at radius 3 is 2.68 bits per heavy atom. The third-order valence-corrected chi connectivity index (χ3v) is 4.80. The second kappa shape index (κ2) is 6.72. The number of benzene rings is 2. The number of rotatable bonds is 4. The van der Waals surface area contributed by atoms with E-state index in [4.69, 9.17) is 16.3 Å². The van der Waals surface area contributed by atoms with Crippen LogP contribution >= 0.6 is 11.6 Å². The zero-order valence-electron chi connectivity index (χ0n) is 13.2. The summed E-state index contributed by atoms with van der Waals surface area (Å²) < 4.78 is 5.32. The Morgan fingerprint density at radius 1 is 1.18 bits per heavy atom. The lowest BCUT2D eigenvalue weighted by molar-refractivity contribution is 0.254. The molecule has 0 radical (unpaired) electrons. The molecule has 2 nitrogen and oxygen atoms in total. The number of hydrogen-bond acceptors (Lipinski definition) is 2. The van der Waals surface area contributed by atoms with Crippen molar-refractivity contribution in [1.82, 2.24) is 4.90 Å². The van der Waals surface area contributed by atoms with Crippen LogP contribution in [-0.2, 0) is 13.0 Å². The summed E-state index contributed by atoms with van der Waals surface area (Å²) in [6.07, 6.45) is 1.11. The molecule has 22 heavy (non-hydrogen) atoms. The zero-order chi connectivity index (χ0) is 15.5. The van der Waals surface area contributed by atoms with Crippen LogP contribution in [0.4, 0.5) is 0 Å². The molecule has 2 aromatic rings. The van der Waals surface area contributed by atoms with Crippen molar-refractivity contribution in [1.29, 1.82) is 0 Å². The van der Waals surface area contributed by atoms with Gasteiger partial charge < -0.3 is 4.74 Å². The Kier molecular flexibility index (Phi) is 4.70. The first-order chi connectivity index (χ1) is 10.7. The van der Waals surface area contributed by atoms with Crippen LogP contribution in [0, 0.1) is 6.92 Å². The molecule has 0 N–H and O–H groups in total. The second-order valence-electron chi connectivity index (χ2n) is 5.95. The molecule has 0 aliphatic carbocycles. The van der Waals surface area contributed by atoms with Crippen molar-refractivity contribution in [3.63, 3.8) is 0 Å². The van der Waals surface area contributed by atoms with E-state index in [9.17, 15) is 0 Å². The topological polar surface area (TPSA) is 12.5 Å². The number of aryl methyl sites for hydroxylation is 1. The number of ether oxygens (including phenoxy) is 1. The van der Waals surface area contributed by atoms with E-state index in [1.165, 1.54) is 16.7 Å². The third kappa shape index (κ3) is 3.29. The zero-order valence-corrected chi connectivity index (χ0v) is 13.9. The van der Waals surface area contributed by atoms with Crippen LogP contribution in [0.5, 0.6) is 5.75 Å². The van der Waals surface area contributed by atoms with Gasteiger partial charge in [-0.05, 0) is 41.7 Å². The summed E-state index contributed by atoms with van der Waals surface area (Å²) >= 11 is 6.65. The Balaban J connectivity index is 1.67. The largest absolute Gasteiger partial charge is 0.496 e. The van der Waals surface area contributed by atoms with Crippen molar-refractivity contribution in [3.8, 4) is 5.75 Å². The van der Waals surface area contributed by atoms with Gasteiger partial charge in [-0.1, -0.05) is 36.4 Å². The highest BCUT2D eigenvalue weighted by Gasteiger charge is 2.19. The molecule has 116 valence electrons. The summed E-state index contributed by atoms with van der Waals surface area (Å²) in [5, 5.41) is 0.00914. The standard InChI is InChI=1S/C19H22ClNO/c1-14-11-16(7-8-19(14)22-2)18(20)13-21-10-9-15-5-3-4-6-17(15)12-21/h3-8,11,18H,9-10,12-13H2,1-2H3. The first-order valence-electron chi connectivity index (χ1n) is 7.75. The van der Waals surface area contributed by atoms with Crippen LogP contribution < -0.4 is 4.74 Å². The number of nitrogens with zero attached hydrogens (tertiary/aromatic N) is 1. The van der Waals surface area contributed by atoms with Crippen molar-refractivity contribution in [2.75, 3.05) is 20.2 Å². The molecule has 0 bridgehead atoms. The van der Waals surface area contributed by atoms with Crippen molar-refractivity contribution in [2.24, 2.45) is 0 Å². The highest BCUT2D eigenvalue weighted by Crippen LogP contribution is 2.28. The Morgan fingerprint density at radius 2 is 1.95 bits per heavy atom.